The summed E-state index contributed by atoms with van der Waals surface area (Å²) in [6.07, 6.45) is -0.813. The van der Waals surface area contributed by atoms with E-state index in [9.17, 15) is 9.18 Å². The molecule has 2 N–H and O–H groups in total. The number of nitrogens with zero attached hydrogens (tertiary/aromatic N) is 4. The van der Waals surface area contributed by atoms with E-state index in [-0.39, 0.29) is 11.7 Å². The normalized spacial score (nSPS) is 11.7. The van der Waals surface area contributed by atoms with Gasteiger partial charge in [-0.25, -0.2) is 9.07 Å². The average molecular weight is 398 g/mol. The van der Waals surface area contributed by atoms with Crippen LogP contribution in [0.2, 0.25) is 0 Å². The molecule has 2 aromatic heterocycles. The summed E-state index contributed by atoms with van der Waals surface area (Å²) in [6, 6.07) is 11.6. The van der Waals surface area contributed by atoms with Crippen molar-refractivity contribution in [3.63, 3.8) is 0 Å². The van der Waals surface area contributed by atoms with Gasteiger partial charge < -0.3 is 15.4 Å². The fourth-order valence-corrected chi connectivity index (χ4v) is 2.70. The molecule has 1 atom stereocenters. The Hall–Kier alpha value is -3.49. The number of aromatic nitrogens is 4. The lowest BCUT2D eigenvalue weighted by Crippen LogP contribution is -2.38. The molecule has 0 saturated heterocycles. The summed E-state index contributed by atoms with van der Waals surface area (Å²) in [7, 11) is 0. The van der Waals surface area contributed by atoms with E-state index in [0.29, 0.717) is 24.7 Å². The van der Waals surface area contributed by atoms with E-state index in [1.807, 2.05) is 26.0 Å². The van der Waals surface area contributed by atoms with Gasteiger partial charge in [0.1, 0.15) is 5.82 Å². The Bertz CT molecular complexity index is 973. The summed E-state index contributed by atoms with van der Waals surface area (Å²) in [5.41, 5.74) is 1.89. The second kappa shape index (κ2) is 9.13. The highest BCUT2D eigenvalue weighted by atomic mass is 19.1. The molecule has 2 heterocycles. The third kappa shape index (κ3) is 5.28. The van der Waals surface area contributed by atoms with E-state index in [1.165, 1.54) is 12.1 Å². The van der Waals surface area contributed by atoms with Crippen LogP contribution < -0.4 is 15.4 Å². The molecular formula is C20H23FN6O2. The van der Waals surface area contributed by atoms with Gasteiger partial charge in [-0.3, -0.25) is 4.79 Å². The number of aryl methyl sites for hydroxylation is 2. The maximum Gasteiger partial charge on any atom is 0.260 e. The van der Waals surface area contributed by atoms with E-state index in [4.69, 9.17) is 4.74 Å². The molecule has 0 aliphatic carbocycles. The van der Waals surface area contributed by atoms with Gasteiger partial charge in [0.15, 0.2) is 23.5 Å². The number of hydrogen-bond acceptors (Lipinski definition) is 6. The van der Waals surface area contributed by atoms with Gasteiger partial charge in [0.25, 0.3) is 5.91 Å². The Morgan fingerprint density at radius 2 is 1.97 bits per heavy atom. The molecule has 0 saturated carbocycles. The second-order valence-corrected chi connectivity index (χ2v) is 6.52. The van der Waals surface area contributed by atoms with E-state index in [1.54, 1.807) is 29.8 Å². The van der Waals surface area contributed by atoms with Crippen molar-refractivity contribution in [2.45, 2.75) is 26.9 Å². The molecule has 1 unspecified atom stereocenters. The number of carbonyl (C=O) groups is 1. The molecule has 152 valence electrons. The third-order valence-corrected chi connectivity index (χ3v) is 4.12. The van der Waals surface area contributed by atoms with Gasteiger partial charge >= 0.3 is 0 Å². The highest BCUT2D eigenvalue weighted by Gasteiger charge is 2.15. The molecule has 0 fully saturated rings. The minimum atomic E-state index is -0.813. The molecular weight excluding hydrogens is 375 g/mol. The number of nitrogens with one attached hydrogen (secondary N) is 2. The van der Waals surface area contributed by atoms with Crippen molar-refractivity contribution in [1.29, 1.82) is 0 Å². The Balaban J connectivity index is 1.43. The highest BCUT2D eigenvalue weighted by Crippen LogP contribution is 2.17. The predicted molar refractivity (Wildman–Crippen MR) is 107 cm³/mol. The van der Waals surface area contributed by atoms with Gasteiger partial charge in [-0.05, 0) is 51.1 Å². The zero-order valence-electron chi connectivity index (χ0n) is 16.5. The Morgan fingerprint density at radius 1 is 1.17 bits per heavy atom. The standard InChI is InChI=1S/C20H23FN6O2/c1-13-12-14(2)27(26-13)19-9-8-18(24-25-19)22-10-11-23-20(28)15(3)29-17-7-5-4-6-16(17)21/h4-9,12,15H,10-11H2,1-3H3,(H,22,24)(H,23,28). The van der Waals surface area contributed by atoms with Crippen LogP contribution in [0.3, 0.4) is 0 Å². The predicted octanol–water partition coefficient (Wildman–Crippen LogP) is 2.41. The van der Waals surface area contributed by atoms with Gasteiger partial charge in [0.2, 0.25) is 0 Å². The van der Waals surface area contributed by atoms with Gasteiger partial charge in [-0.2, -0.15) is 5.10 Å². The number of amides is 1. The SMILES string of the molecule is Cc1cc(C)n(-c2ccc(NCCNC(=O)C(C)Oc3ccccc3F)nn2)n1. The number of benzene rings is 1. The van der Waals surface area contributed by atoms with Crippen LogP contribution in [0.25, 0.3) is 5.82 Å². The van der Waals surface area contributed by atoms with Crippen molar-refractivity contribution in [1.82, 2.24) is 25.3 Å². The van der Waals surface area contributed by atoms with Crippen molar-refractivity contribution in [2.24, 2.45) is 0 Å². The van der Waals surface area contributed by atoms with Crippen molar-refractivity contribution < 1.29 is 13.9 Å². The van der Waals surface area contributed by atoms with Gasteiger partial charge in [0.05, 0.1) is 5.69 Å². The van der Waals surface area contributed by atoms with Crippen LogP contribution in [-0.2, 0) is 4.79 Å². The molecule has 1 aromatic carbocycles. The number of rotatable bonds is 8. The van der Waals surface area contributed by atoms with Crippen LogP contribution in [-0.4, -0.2) is 45.1 Å². The quantitative estimate of drug-likeness (QED) is 0.566. The first-order valence-electron chi connectivity index (χ1n) is 9.24. The van der Waals surface area contributed by atoms with Crippen LogP contribution in [0.15, 0.2) is 42.5 Å². The number of para-hydroxylation sites is 1. The molecule has 0 aliphatic rings. The summed E-state index contributed by atoms with van der Waals surface area (Å²) in [5.74, 6) is 0.428. The molecule has 0 aliphatic heterocycles. The minimum Gasteiger partial charge on any atom is -0.478 e. The summed E-state index contributed by atoms with van der Waals surface area (Å²) >= 11 is 0. The summed E-state index contributed by atoms with van der Waals surface area (Å²) in [4.78, 5) is 12.1. The van der Waals surface area contributed by atoms with Crippen LogP contribution in [0.1, 0.15) is 18.3 Å². The van der Waals surface area contributed by atoms with Crippen LogP contribution >= 0.6 is 0 Å². The Kier molecular flexibility index (Phi) is 6.38. The first-order chi connectivity index (χ1) is 13.9. The summed E-state index contributed by atoms with van der Waals surface area (Å²) in [5, 5.41) is 18.5. The van der Waals surface area contributed by atoms with Crippen molar-refractivity contribution >= 4 is 11.7 Å². The second-order valence-electron chi connectivity index (χ2n) is 6.52. The topological polar surface area (TPSA) is 94.0 Å². The number of carbonyl (C=O) groups excluding carboxylic acids is 1. The fraction of sp³-hybridized carbons (Fsp3) is 0.300. The average Bonchev–Trinajstić information content (AvgIpc) is 3.05. The lowest BCUT2D eigenvalue weighted by molar-refractivity contribution is -0.127. The molecule has 3 aromatic rings. The van der Waals surface area contributed by atoms with Crippen LogP contribution in [0.4, 0.5) is 10.2 Å². The minimum absolute atomic E-state index is 0.0475. The summed E-state index contributed by atoms with van der Waals surface area (Å²) < 4.78 is 20.7. The smallest absolute Gasteiger partial charge is 0.260 e. The molecule has 8 nitrogen and oxygen atoms in total. The highest BCUT2D eigenvalue weighted by molar-refractivity contribution is 5.80. The van der Waals surface area contributed by atoms with Gasteiger partial charge in [-0.15, -0.1) is 10.2 Å². The molecule has 0 bridgehead atoms. The van der Waals surface area contributed by atoms with E-state index >= 15 is 0 Å². The lowest BCUT2D eigenvalue weighted by atomic mass is 10.3. The van der Waals surface area contributed by atoms with Crippen molar-refractivity contribution in [2.75, 3.05) is 18.4 Å². The first-order valence-corrected chi connectivity index (χ1v) is 9.24. The van der Waals surface area contributed by atoms with Gasteiger partial charge in [-0.1, -0.05) is 12.1 Å². The molecule has 9 heteroatoms. The maximum absolute atomic E-state index is 13.6. The fourth-order valence-electron chi connectivity index (χ4n) is 2.70. The Morgan fingerprint density at radius 3 is 2.62 bits per heavy atom. The zero-order chi connectivity index (χ0) is 20.8. The molecule has 1 amide bonds. The van der Waals surface area contributed by atoms with E-state index in [0.717, 1.165) is 11.4 Å². The van der Waals surface area contributed by atoms with Crippen molar-refractivity contribution in [3.8, 4) is 11.6 Å². The number of halogens is 1. The molecule has 0 radical (unpaired) electrons. The number of ether oxygens (including phenoxy) is 1. The van der Waals surface area contributed by atoms with Crippen LogP contribution in [0, 0.1) is 19.7 Å². The molecule has 0 spiro atoms. The van der Waals surface area contributed by atoms with E-state index in [2.05, 4.69) is 25.9 Å². The number of anilines is 1. The van der Waals surface area contributed by atoms with Crippen molar-refractivity contribution in [3.05, 3.63) is 59.7 Å². The van der Waals surface area contributed by atoms with E-state index < -0.39 is 11.9 Å². The Labute approximate surface area is 168 Å². The van der Waals surface area contributed by atoms with Crippen LogP contribution in [0.5, 0.6) is 5.75 Å². The lowest BCUT2D eigenvalue weighted by Gasteiger charge is -2.15. The molecule has 3 rings (SSSR count). The zero-order valence-corrected chi connectivity index (χ0v) is 16.5. The monoisotopic (exact) mass is 398 g/mol. The maximum atomic E-state index is 13.6. The molecule has 29 heavy (non-hydrogen) atoms. The largest absolute Gasteiger partial charge is 0.478 e. The first kappa shape index (κ1) is 20.2. The third-order valence-electron chi connectivity index (χ3n) is 4.12. The van der Waals surface area contributed by atoms with Gasteiger partial charge in [0, 0.05) is 18.8 Å². The number of hydrogen-bond donors (Lipinski definition) is 2. The summed E-state index contributed by atoms with van der Waals surface area (Å²) in [6.45, 7) is 6.24.